The molecule has 1 aromatic heterocycles. The first-order valence-corrected chi connectivity index (χ1v) is 10.4. The standard InChI is InChI=1S/C25H26N2O4/c1-16-15-21(17(2)27(16)19-9-5-4-6-10-19)25(29)31-18(3)24(28)26-22-13-14-30-23-12-8-7-11-20(22)23/h4-12,15,18,22H,13-14H2,1-3H3,(H,26,28). The maximum absolute atomic E-state index is 12.8. The van der Waals surface area contributed by atoms with E-state index in [1.54, 1.807) is 13.0 Å². The maximum atomic E-state index is 12.8. The van der Waals surface area contributed by atoms with Gasteiger partial charge in [0, 0.05) is 29.1 Å². The van der Waals surface area contributed by atoms with Crippen LogP contribution in [-0.4, -0.2) is 29.2 Å². The van der Waals surface area contributed by atoms with E-state index in [9.17, 15) is 9.59 Å². The zero-order chi connectivity index (χ0) is 22.0. The number of rotatable bonds is 5. The summed E-state index contributed by atoms with van der Waals surface area (Å²) in [5.74, 6) is -0.0609. The molecule has 6 heteroatoms. The summed E-state index contributed by atoms with van der Waals surface area (Å²) in [6.45, 7) is 5.94. The molecule has 0 aliphatic carbocycles. The zero-order valence-corrected chi connectivity index (χ0v) is 17.9. The first-order chi connectivity index (χ1) is 15.0. The SMILES string of the molecule is Cc1cc(C(=O)OC(C)C(=O)NC2CCOc3ccccc32)c(C)n1-c1ccccc1. The number of hydrogen-bond donors (Lipinski definition) is 1. The monoisotopic (exact) mass is 418 g/mol. The van der Waals surface area contributed by atoms with E-state index in [0.717, 1.165) is 28.4 Å². The fourth-order valence-electron chi connectivity index (χ4n) is 4.00. The van der Waals surface area contributed by atoms with E-state index in [0.29, 0.717) is 18.6 Å². The molecule has 1 aliphatic heterocycles. The molecule has 0 radical (unpaired) electrons. The van der Waals surface area contributed by atoms with Gasteiger partial charge in [-0.05, 0) is 45.0 Å². The minimum atomic E-state index is -0.915. The van der Waals surface area contributed by atoms with Gasteiger partial charge in [-0.1, -0.05) is 36.4 Å². The summed E-state index contributed by atoms with van der Waals surface area (Å²) in [7, 11) is 0. The number of esters is 1. The molecule has 2 heterocycles. The smallest absolute Gasteiger partial charge is 0.340 e. The summed E-state index contributed by atoms with van der Waals surface area (Å²) in [6, 6.07) is 19.1. The van der Waals surface area contributed by atoms with Crippen LogP contribution < -0.4 is 10.1 Å². The molecule has 1 N–H and O–H groups in total. The highest BCUT2D eigenvalue weighted by molar-refractivity contribution is 5.93. The second kappa shape index (κ2) is 8.68. The summed E-state index contributed by atoms with van der Waals surface area (Å²) in [4.78, 5) is 25.6. The van der Waals surface area contributed by atoms with E-state index in [4.69, 9.17) is 9.47 Å². The molecule has 6 nitrogen and oxygen atoms in total. The first-order valence-electron chi connectivity index (χ1n) is 10.4. The second-order valence-corrected chi connectivity index (χ2v) is 7.74. The molecule has 1 amide bonds. The predicted octanol–water partition coefficient (Wildman–Crippen LogP) is 4.28. The number of ether oxygens (including phenoxy) is 2. The van der Waals surface area contributed by atoms with Gasteiger partial charge >= 0.3 is 5.97 Å². The number of amides is 1. The molecule has 1 aliphatic rings. The van der Waals surface area contributed by atoms with Gasteiger partial charge in [0.2, 0.25) is 0 Å². The van der Waals surface area contributed by atoms with Crippen LogP contribution in [0.15, 0.2) is 60.7 Å². The van der Waals surface area contributed by atoms with Crippen molar-refractivity contribution in [2.24, 2.45) is 0 Å². The molecule has 2 unspecified atom stereocenters. The summed E-state index contributed by atoms with van der Waals surface area (Å²) >= 11 is 0. The lowest BCUT2D eigenvalue weighted by Crippen LogP contribution is -2.39. The Labute approximate surface area is 181 Å². The van der Waals surface area contributed by atoms with E-state index < -0.39 is 12.1 Å². The lowest BCUT2D eigenvalue weighted by atomic mass is 10.0. The lowest BCUT2D eigenvalue weighted by Gasteiger charge is -2.27. The molecule has 160 valence electrons. The number of hydrogen-bond acceptors (Lipinski definition) is 4. The number of carbonyl (C=O) groups excluding carboxylic acids is 2. The lowest BCUT2D eigenvalue weighted by molar-refractivity contribution is -0.130. The normalized spacial score (nSPS) is 16.0. The van der Waals surface area contributed by atoms with Gasteiger partial charge in [-0.15, -0.1) is 0 Å². The van der Waals surface area contributed by atoms with Crippen LogP contribution in [0.4, 0.5) is 0 Å². The van der Waals surface area contributed by atoms with Gasteiger partial charge in [0.15, 0.2) is 6.10 Å². The third-order valence-corrected chi connectivity index (χ3v) is 5.59. The molecule has 0 saturated heterocycles. The van der Waals surface area contributed by atoms with Gasteiger partial charge < -0.3 is 19.4 Å². The Bertz CT molecular complexity index is 1100. The number of fused-ring (bicyclic) bond motifs is 1. The fourth-order valence-corrected chi connectivity index (χ4v) is 4.00. The summed E-state index contributed by atoms with van der Waals surface area (Å²) < 4.78 is 13.2. The van der Waals surface area contributed by atoms with E-state index in [1.807, 2.05) is 73.0 Å². The van der Waals surface area contributed by atoms with Crippen LogP contribution in [0.3, 0.4) is 0 Å². The van der Waals surface area contributed by atoms with Gasteiger partial charge in [0.25, 0.3) is 5.91 Å². The number of benzene rings is 2. The third-order valence-electron chi connectivity index (χ3n) is 5.59. The summed E-state index contributed by atoms with van der Waals surface area (Å²) in [6.07, 6.45) is -0.246. The Morgan fingerprint density at radius 3 is 2.58 bits per heavy atom. The first kappa shape index (κ1) is 20.7. The average Bonchev–Trinajstić information content (AvgIpc) is 3.08. The molecule has 2 aromatic carbocycles. The summed E-state index contributed by atoms with van der Waals surface area (Å²) in [5, 5.41) is 2.99. The molecule has 0 fully saturated rings. The average molecular weight is 418 g/mol. The van der Waals surface area contributed by atoms with Crippen LogP contribution >= 0.6 is 0 Å². The Morgan fingerprint density at radius 1 is 1.10 bits per heavy atom. The van der Waals surface area contributed by atoms with Crippen molar-refractivity contribution in [3.05, 3.63) is 83.2 Å². The van der Waals surface area contributed by atoms with Gasteiger partial charge in [-0.25, -0.2) is 4.79 Å². The molecule has 2 atom stereocenters. The number of nitrogens with zero attached hydrogens (tertiary/aromatic N) is 1. The van der Waals surface area contributed by atoms with E-state index >= 15 is 0 Å². The number of aryl methyl sites for hydroxylation is 1. The van der Waals surface area contributed by atoms with Crippen molar-refractivity contribution in [2.45, 2.75) is 39.3 Å². The number of nitrogens with one attached hydrogen (secondary N) is 1. The Kier molecular flexibility index (Phi) is 5.80. The van der Waals surface area contributed by atoms with Crippen LogP contribution in [-0.2, 0) is 9.53 Å². The molecular formula is C25H26N2O4. The molecule has 3 aromatic rings. The Balaban J connectivity index is 1.45. The highest BCUT2D eigenvalue weighted by Gasteiger charge is 2.27. The predicted molar refractivity (Wildman–Crippen MR) is 118 cm³/mol. The van der Waals surface area contributed by atoms with Crippen molar-refractivity contribution >= 4 is 11.9 Å². The fraction of sp³-hybridized carbons (Fsp3) is 0.280. The molecular weight excluding hydrogens is 392 g/mol. The quantitative estimate of drug-likeness (QED) is 0.628. The largest absolute Gasteiger partial charge is 0.493 e. The number of carbonyl (C=O) groups is 2. The number of para-hydroxylation sites is 2. The van der Waals surface area contributed by atoms with Crippen LogP contribution in [0, 0.1) is 13.8 Å². The van der Waals surface area contributed by atoms with Crippen molar-refractivity contribution in [2.75, 3.05) is 6.61 Å². The molecule has 0 saturated carbocycles. The third kappa shape index (κ3) is 4.19. The molecule has 31 heavy (non-hydrogen) atoms. The van der Waals surface area contributed by atoms with Gasteiger partial charge in [0.05, 0.1) is 18.2 Å². The Morgan fingerprint density at radius 2 is 1.81 bits per heavy atom. The molecule has 0 bridgehead atoms. The van der Waals surface area contributed by atoms with E-state index in [1.165, 1.54) is 0 Å². The molecule has 4 rings (SSSR count). The summed E-state index contributed by atoms with van der Waals surface area (Å²) in [5.41, 5.74) is 4.07. The van der Waals surface area contributed by atoms with Crippen LogP contribution in [0.25, 0.3) is 5.69 Å². The van der Waals surface area contributed by atoms with Crippen molar-refractivity contribution in [1.29, 1.82) is 0 Å². The topological polar surface area (TPSA) is 69.6 Å². The minimum Gasteiger partial charge on any atom is -0.493 e. The van der Waals surface area contributed by atoms with Crippen LogP contribution in [0.2, 0.25) is 0 Å². The minimum absolute atomic E-state index is 0.165. The van der Waals surface area contributed by atoms with Crippen molar-refractivity contribution in [3.63, 3.8) is 0 Å². The van der Waals surface area contributed by atoms with Crippen molar-refractivity contribution in [3.8, 4) is 11.4 Å². The molecule has 0 spiro atoms. The highest BCUT2D eigenvalue weighted by Crippen LogP contribution is 2.31. The second-order valence-electron chi connectivity index (χ2n) is 7.74. The maximum Gasteiger partial charge on any atom is 0.340 e. The van der Waals surface area contributed by atoms with Crippen LogP contribution in [0.1, 0.15) is 46.7 Å². The van der Waals surface area contributed by atoms with Crippen molar-refractivity contribution < 1.29 is 19.1 Å². The van der Waals surface area contributed by atoms with Crippen LogP contribution in [0.5, 0.6) is 5.75 Å². The van der Waals surface area contributed by atoms with Gasteiger partial charge in [0.1, 0.15) is 5.75 Å². The Hall–Kier alpha value is -3.54. The number of aromatic nitrogens is 1. The highest BCUT2D eigenvalue weighted by atomic mass is 16.5. The van der Waals surface area contributed by atoms with Gasteiger partial charge in [-0.2, -0.15) is 0 Å². The van der Waals surface area contributed by atoms with Gasteiger partial charge in [-0.3, -0.25) is 4.79 Å². The van der Waals surface area contributed by atoms with E-state index in [-0.39, 0.29) is 11.9 Å². The van der Waals surface area contributed by atoms with E-state index in [2.05, 4.69) is 5.32 Å². The zero-order valence-electron chi connectivity index (χ0n) is 17.9. The van der Waals surface area contributed by atoms with Crippen molar-refractivity contribution in [1.82, 2.24) is 9.88 Å².